The van der Waals surface area contributed by atoms with Gasteiger partial charge in [0.25, 0.3) is 0 Å². The summed E-state index contributed by atoms with van der Waals surface area (Å²) in [5.74, 6) is -0.998. The molecule has 0 aliphatic rings. The topological polar surface area (TPSA) is 44.6 Å². The van der Waals surface area contributed by atoms with Crippen molar-refractivity contribution in [3.63, 3.8) is 0 Å². The van der Waals surface area contributed by atoms with Crippen molar-refractivity contribution in [2.45, 2.75) is 19.0 Å². The van der Waals surface area contributed by atoms with E-state index < -0.39 is 12.0 Å². The van der Waals surface area contributed by atoms with Gasteiger partial charge in [0.15, 0.2) is 0 Å². The second-order valence-electron chi connectivity index (χ2n) is 5.07. The van der Waals surface area contributed by atoms with Gasteiger partial charge in [-0.2, -0.15) is 0 Å². The highest BCUT2D eigenvalue weighted by Gasteiger charge is 2.20. The fraction of sp³-hybridized carbons (Fsp3) is 0.235. The largest absolute Gasteiger partial charge is 0.544 e. The highest BCUT2D eigenvalue weighted by Crippen LogP contribution is 2.02. The van der Waals surface area contributed by atoms with Crippen molar-refractivity contribution in [1.82, 2.24) is 0 Å². The van der Waals surface area contributed by atoms with Crippen molar-refractivity contribution in [2.24, 2.45) is 0 Å². The van der Waals surface area contributed by atoms with Crippen LogP contribution in [-0.2, 0) is 17.8 Å². The molecular formula is C17H19NO2. The van der Waals surface area contributed by atoms with E-state index in [4.69, 9.17) is 0 Å². The smallest absolute Gasteiger partial charge is 0.132 e. The van der Waals surface area contributed by atoms with Crippen LogP contribution in [0.1, 0.15) is 11.1 Å². The van der Waals surface area contributed by atoms with Gasteiger partial charge in [-0.05, 0) is 5.56 Å². The molecule has 0 aliphatic heterocycles. The Hall–Kier alpha value is -2.13. The quantitative estimate of drug-likeness (QED) is 0.806. The van der Waals surface area contributed by atoms with Gasteiger partial charge in [0.1, 0.15) is 12.6 Å². The van der Waals surface area contributed by atoms with Crippen molar-refractivity contribution in [3.8, 4) is 0 Å². The number of likely N-dealkylation sites (N-methyl/N-ethyl adjacent to an activating group) is 1. The fourth-order valence-electron chi connectivity index (χ4n) is 2.35. The van der Waals surface area contributed by atoms with Crippen LogP contribution in [0.5, 0.6) is 0 Å². The molecule has 0 fully saturated rings. The van der Waals surface area contributed by atoms with Gasteiger partial charge in [-0.25, -0.2) is 0 Å². The Morgan fingerprint density at radius 2 is 1.50 bits per heavy atom. The first-order chi connectivity index (χ1) is 9.66. The predicted octanol–water partition coefficient (Wildman–Crippen LogP) is 0.0625. The molecule has 0 aliphatic carbocycles. The van der Waals surface area contributed by atoms with Crippen LogP contribution in [0.4, 0.5) is 0 Å². The number of nitrogens with one attached hydrogen (secondary N) is 1. The van der Waals surface area contributed by atoms with Gasteiger partial charge in [-0.3, -0.25) is 0 Å². The number of benzene rings is 2. The summed E-state index contributed by atoms with van der Waals surface area (Å²) < 4.78 is 0. The number of carbonyl (C=O) groups excluding carboxylic acids is 1. The fourth-order valence-corrected chi connectivity index (χ4v) is 2.35. The number of aliphatic carboxylic acids is 1. The Labute approximate surface area is 119 Å². The molecule has 20 heavy (non-hydrogen) atoms. The van der Waals surface area contributed by atoms with E-state index in [2.05, 4.69) is 0 Å². The number of carboxylic acid groups (broad SMARTS) is 1. The van der Waals surface area contributed by atoms with E-state index in [1.54, 1.807) is 0 Å². The molecule has 104 valence electrons. The number of hydrogen-bond donors (Lipinski definition) is 1. The minimum atomic E-state index is -0.998. The van der Waals surface area contributed by atoms with Crippen molar-refractivity contribution in [2.75, 3.05) is 7.05 Å². The average molecular weight is 269 g/mol. The molecule has 0 radical (unpaired) electrons. The third-order valence-electron chi connectivity index (χ3n) is 3.49. The molecule has 3 nitrogen and oxygen atoms in total. The van der Waals surface area contributed by atoms with E-state index in [9.17, 15) is 9.90 Å². The molecule has 0 amide bonds. The molecule has 0 bridgehead atoms. The molecule has 1 N–H and O–H groups in total. The van der Waals surface area contributed by atoms with E-state index in [-0.39, 0.29) is 0 Å². The van der Waals surface area contributed by atoms with Gasteiger partial charge in [-0.1, -0.05) is 60.7 Å². The zero-order chi connectivity index (χ0) is 14.4. The Bertz CT molecular complexity index is 539. The Morgan fingerprint density at radius 3 is 2.00 bits per heavy atom. The maximum absolute atomic E-state index is 11.4. The van der Waals surface area contributed by atoms with Crippen molar-refractivity contribution in [3.05, 3.63) is 71.8 Å². The van der Waals surface area contributed by atoms with Crippen LogP contribution >= 0.6 is 0 Å². The zero-order valence-corrected chi connectivity index (χ0v) is 11.6. The summed E-state index contributed by atoms with van der Waals surface area (Å²) in [5.41, 5.74) is 2.15. The van der Waals surface area contributed by atoms with Crippen LogP contribution in [0.15, 0.2) is 60.7 Å². The first-order valence-electron chi connectivity index (χ1n) is 6.78. The van der Waals surface area contributed by atoms with E-state index >= 15 is 0 Å². The normalized spacial score (nSPS) is 13.7. The molecule has 0 aromatic heterocycles. The lowest BCUT2D eigenvalue weighted by Crippen LogP contribution is -3.13. The Morgan fingerprint density at radius 1 is 1.00 bits per heavy atom. The van der Waals surface area contributed by atoms with Gasteiger partial charge in [-0.15, -0.1) is 0 Å². The average Bonchev–Trinajstić information content (AvgIpc) is 2.46. The van der Waals surface area contributed by atoms with Gasteiger partial charge >= 0.3 is 0 Å². The minimum Gasteiger partial charge on any atom is -0.544 e. The number of carbonyl (C=O) groups is 1. The number of carboxylic acids is 1. The summed E-state index contributed by atoms with van der Waals surface area (Å²) in [6.45, 7) is 0.673. The molecule has 2 aromatic rings. The van der Waals surface area contributed by atoms with Crippen molar-refractivity contribution in [1.29, 1.82) is 0 Å². The molecule has 0 saturated heterocycles. The van der Waals surface area contributed by atoms with E-state index in [0.29, 0.717) is 13.0 Å². The van der Waals surface area contributed by atoms with Crippen LogP contribution in [-0.4, -0.2) is 19.1 Å². The number of quaternary nitrogens is 1. The van der Waals surface area contributed by atoms with E-state index in [1.807, 2.05) is 67.7 Å². The van der Waals surface area contributed by atoms with Crippen LogP contribution in [0.3, 0.4) is 0 Å². The molecular weight excluding hydrogens is 250 g/mol. The first-order valence-corrected chi connectivity index (χ1v) is 6.78. The lowest BCUT2D eigenvalue weighted by Gasteiger charge is -2.26. The lowest BCUT2D eigenvalue weighted by atomic mass is 10.0. The summed E-state index contributed by atoms with van der Waals surface area (Å²) in [5, 5.41) is 11.4. The molecule has 3 heteroatoms. The highest BCUT2D eigenvalue weighted by atomic mass is 16.4. The Kier molecular flexibility index (Phi) is 4.91. The summed E-state index contributed by atoms with van der Waals surface area (Å²) in [6, 6.07) is 19.0. The Balaban J connectivity index is 2.06. The third-order valence-corrected chi connectivity index (χ3v) is 3.49. The molecule has 0 heterocycles. The maximum Gasteiger partial charge on any atom is 0.132 e. The van der Waals surface area contributed by atoms with Gasteiger partial charge in [0.2, 0.25) is 0 Å². The molecule has 2 rings (SSSR count). The molecule has 2 aromatic carbocycles. The monoisotopic (exact) mass is 269 g/mol. The zero-order valence-electron chi connectivity index (χ0n) is 11.6. The van der Waals surface area contributed by atoms with Crippen LogP contribution in [0.25, 0.3) is 0 Å². The second kappa shape index (κ2) is 6.87. The SMILES string of the molecule is C[NH+](Cc1ccccc1)[C@@H](Cc1ccccc1)C(=O)[O-]. The van der Waals surface area contributed by atoms with Gasteiger partial charge in [0, 0.05) is 12.0 Å². The number of rotatable bonds is 6. The summed E-state index contributed by atoms with van der Waals surface area (Å²) >= 11 is 0. The first kappa shape index (κ1) is 14.3. The van der Waals surface area contributed by atoms with Gasteiger partial charge < -0.3 is 14.8 Å². The highest BCUT2D eigenvalue weighted by molar-refractivity contribution is 5.70. The lowest BCUT2D eigenvalue weighted by molar-refractivity contribution is -0.912. The minimum absolute atomic E-state index is 0.488. The standard InChI is InChI=1S/C17H19NO2/c1-18(13-15-10-6-3-7-11-15)16(17(19)20)12-14-8-4-2-5-9-14/h2-11,16H,12-13H2,1H3,(H,19,20)/t16-/m0/s1. The van der Waals surface area contributed by atoms with Crippen molar-refractivity contribution < 1.29 is 14.8 Å². The summed E-state index contributed by atoms with van der Waals surface area (Å²) in [4.78, 5) is 12.3. The van der Waals surface area contributed by atoms with Crippen LogP contribution in [0.2, 0.25) is 0 Å². The second-order valence-corrected chi connectivity index (χ2v) is 5.07. The molecule has 0 spiro atoms. The summed E-state index contributed by atoms with van der Waals surface area (Å²) in [7, 11) is 1.90. The maximum atomic E-state index is 11.4. The predicted molar refractivity (Wildman–Crippen MR) is 76.0 cm³/mol. The molecule has 1 unspecified atom stereocenters. The van der Waals surface area contributed by atoms with Crippen molar-refractivity contribution >= 4 is 5.97 Å². The number of hydrogen-bond acceptors (Lipinski definition) is 2. The third kappa shape index (κ3) is 3.93. The summed E-state index contributed by atoms with van der Waals surface area (Å²) in [6.07, 6.45) is 0.488. The molecule has 0 saturated carbocycles. The van der Waals surface area contributed by atoms with Crippen LogP contribution < -0.4 is 10.0 Å². The van der Waals surface area contributed by atoms with E-state index in [1.165, 1.54) is 0 Å². The molecule has 2 atom stereocenters. The van der Waals surface area contributed by atoms with Crippen LogP contribution in [0, 0.1) is 0 Å². The van der Waals surface area contributed by atoms with Gasteiger partial charge in [0.05, 0.1) is 13.0 Å². The van der Waals surface area contributed by atoms with E-state index in [0.717, 1.165) is 16.0 Å².